The van der Waals surface area contributed by atoms with Gasteiger partial charge in [-0.2, -0.15) is 0 Å². The van der Waals surface area contributed by atoms with E-state index in [9.17, 15) is 19.8 Å². The van der Waals surface area contributed by atoms with Crippen LogP contribution in [0.25, 0.3) is 16.7 Å². The molecule has 0 unspecified atom stereocenters. The summed E-state index contributed by atoms with van der Waals surface area (Å²) in [6, 6.07) is 19.9. The highest BCUT2D eigenvalue weighted by Gasteiger charge is 2.55. The number of aromatic nitrogens is 1. The summed E-state index contributed by atoms with van der Waals surface area (Å²) in [5.41, 5.74) is 5.68. The van der Waals surface area contributed by atoms with Gasteiger partial charge < -0.3 is 24.8 Å². The quantitative estimate of drug-likeness (QED) is 0.409. The molecule has 1 fully saturated rings. The van der Waals surface area contributed by atoms with Crippen molar-refractivity contribution in [2.24, 2.45) is 5.92 Å². The number of pyridine rings is 1. The Bertz CT molecular complexity index is 1330. The SMILES string of the molecule is C[C@@H](O)[C@H]1C(=O)N2C(C(=O)[O-])=C(c3ccc(-c4ccc(C[n+]5ccc(N(C)C)cc5)cc4)cc3)C[C@H]12. The molecule has 3 atom stereocenters. The molecule has 36 heavy (non-hydrogen) atoms. The van der Waals surface area contributed by atoms with Crippen LogP contribution in [0.2, 0.25) is 0 Å². The van der Waals surface area contributed by atoms with E-state index in [0.717, 1.165) is 28.9 Å². The lowest BCUT2D eigenvalue weighted by molar-refractivity contribution is -0.688. The number of fused-ring (bicyclic) bond motifs is 1. The molecule has 7 heteroatoms. The van der Waals surface area contributed by atoms with E-state index < -0.39 is 18.0 Å². The maximum Gasteiger partial charge on any atom is 0.235 e. The number of amides is 1. The van der Waals surface area contributed by atoms with Crippen molar-refractivity contribution in [3.05, 3.63) is 89.9 Å². The third-order valence-corrected chi connectivity index (χ3v) is 7.20. The Labute approximate surface area is 210 Å². The number of carbonyl (C=O) groups is 2. The molecule has 5 rings (SSSR count). The number of β-lactam (4-membered cyclic amide) rings is 1. The average molecular weight is 484 g/mol. The Kier molecular flexibility index (Phi) is 6.10. The van der Waals surface area contributed by atoms with E-state index in [1.807, 2.05) is 38.4 Å². The Morgan fingerprint density at radius 2 is 1.58 bits per heavy atom. The lowest BCUT2D eigenvalue weighted by atomic mass is 9.82. The van der Waals surface area contributed by atoms with E-state index in [0.29, 0.717) is 12.0 Å². The van der Waals surface area contributed by atoms with E-state index in [-0.39, 0.29) is 17.6 Å². The van der Waals surface area contributed by atoms with Crippen molar-refractivity contribution < 1.29 is 24.4 Å². The number of hydrogen-bond acceptors (Lipinski definition) is 5. The molecule has 2 aliphatic heterocycles. The summed E-state index contributed by atoms with van der Waals surface area (Å²) in [6.07, 6.45) is 3.72. The van der Waals surface area contributed by atoms with Crippen molar-refractivity contribution in [1.82, 2.24) is 4.90 Å². The molecule has 1 N–H and O–H groups in total. The Balaban J connectivity index is 1.32. The molecule has 1 saturated heterocycles. The topological polar surface area (TPSA) is 87.8 Å². The van der Waals surface area contributed by atoms with Crippen LogP contribution in [0, 0.1) is 5.92 Å². The monoisotopic (exact) mass is 483 g/mol. The molecule has 2 aliphatic rings. The number of aliphatic hydroxyl groups excluding tert-OH is 1. The molecule has 0 saturated carbocycles. The minimum atomic E-state index is -1.36. The summed E-state index contributed by atoms with van der Waals surface area (Å²) in [4.78, 5) is 27.7. The third kappa shape index (κ3) is 4.16. The van der Waals surface area contributed by atoms with E-state index in [4.69, 9.17) is 0 Å². The fraction of sp³-hybridized carbons (Fsp3) is 0.276. The van der Waals surface area contributed by atoms with Crippen molar-refractivity contribution in [3.63, 3.8) is 0 Å². The largest absolute Gasteiger partial charge is 0.543 e. The zero-order valence-electron chi connectivity index (χ0n) is 20.6. The van der Waals surface area contributed by atoms with Crippen molar-refractivity contribution in [2.45, 2.75) is 32.0 Å². The summed E-state index contributed by atoms with van der Waals surface area (Å²) in [7, 11) is 4.04. The van der Waals surface area contributed by atoms with Gasteiger partial charge in [-0.05, 0) is 35.6 Å². The lowest BCUT2D eigenvalue weighted by Gasteiger charge is -2.45. The second kappa shape index (κ2) is 9.24. The van der Waals surface area contributed by atoms with Crippen LogP contribution in [-0.2, 0) is 16.1 Å². The Hall–Kier alpha value is -3.97. The molecule has 1 amide bonds. The molecule has 7 nitrogen and oxygen atoms in total. The number of aliphatic hydroxyl groups is 1. The van der Waals surface area contributed by atoms with Crippen LogP contribution < -0.4 is 14.6 Å². The van der Waals surface area contributed by atoms with Gasteiger partial charge in [-0.25, -0.2) is 4.57 Å². The zero-order valence-corrected chi connectivity index (χ0v) is 20.6. The second-order valence-corrected chi connectivity index (χ2v) is 9.76. The van der Waals surface area contributed by atoms with Gasteiger partial charge in [0.1, 0.15) is 0 Å². The van der Waals surface area contributed by atoms with Gasteiger partial charge in [0, 0.05) is 37.5 Å². The summed E-state index contributed by atoms with van der Waals surface area (Å²) < 4.78 is 2.14. The maximum absolute atomic E-state index is 12.4. The first kappa shape index (κ1) is 23.8. The van der Waals surface area contributed by atoms with Gasteiger partial charge in [-0.3, -0.25) is 4.79 Å². The highest BCUT2D eigenvalue weighted by molar-refractivity contribution is 6.05. The molecule has 0 spiro atoms. The predicted molar refractivity (Wildman–Crippen MR) is 134 cm³/mol. The van der Waals surface area contributed by atoms with Crippen molar-refractivity contribution in [1.29, 1.82) is 0 Å². The minimum Gasteiger partial charge on any atom is -0.543 e. The average Bonchev–Trinajstić information content (AvgIpc) is 3.20. The molecule has 184 valence electrons. The fourth-order valence-electron chi connectivity index (χ4n) is 5.25. The van der Waals surface area contributed by atoms with E-state index in [1.165, 1.54) is 10.5 Å². The number of hydrogen-bond donors (Lipinski definition) is 1. The molecule has 0 radical (unpaired) electrons. The van der Waals surface area contributed by atoms with Gasteiger partial charge in [-0.15, -0.1) is 0 Å². The van der Waals surface area contributed by atoms with Crippen LogP contribution in [0.5, 0.6) is 0 Å². The fourth-order valence-corrected chi connectivity index (χ4v) is 5.25. The number of carbonyl (C=O) groups excluding carboxylic acids is 2. The normalized spacial score (nSPS) is 19.7. The standard InChI is InChI=1S/C29H29N3O4/c1-18(33)26-25-16-24(27(29(35)36)32(25)28(26)34)22-10-8-21(9-11-22)20-6-4-19(5-7-20)17-31-14-12-23(13-15-31)30(2)3/h4-15,18,25-26,33H,16-17H2,1-3H3/t18-,25-,26-/m1/s1. The predicted octanol–water partition coefficient (Wildman–Crippen LogP) is 1.83. The molecule has 3 aromatic rings. The molecular formula is C29H29N3O4. The number of anilines is 1. The minimum absolute atomic E-state index is 0.0740. The first-order valence-corrected chi connectivity index (χ1v) is 12.1. The summed E-state index contributed by atoms with van der Waals surface area (Å²) in [5.74, 6) is -2.29. The lowest BCUT2D eigenvalue weighted by Crippen LogP contribution is -2.62. The van der Waals surface area contributed by atoms with Crippen molar-refractivity contribution in [2.75, 3.05) is 19.0 Å². The molecule has 0 aliphatic carbocycles. The summed E-state index contributed by atoms with van der Waals surface area (Å²) in [6.45, 7) is 2.34. The number of nitrogens with zero attached hydrogens (tertiary/aromatic N) is 3. The molecule has 1 aromatic heterocycles. The van der Waals surface area contributed by atoms with Gasteiger partial charge in [0.2, 0.25) is 5.91 Å². The van der Waals surface area contributed by atoms with Gasteiger partial charge in [0.25, 0.3) is 0 Å². The maximum atomic E-state index is 12.4. The van der Waals surface area contributed by atoms with Crippen LogP contribution >= 0.6 is 0 Å². The van der Waals surface area contributed by atoms with Crippen LogP contribution in [0.4, 0.5) is 5.69 Å². The van der Waals surface area contributed by atoms with E-state index >= 15 is 0 Å². The first-order chi connectivity index (χ1) is 17.2. The van der Waals surface area contributed by atoms with Crippen LogP contribution in [0.15, 0.2) is 78.8 Å². The number of carboxylic acid groups (broad SMARTS) is 1. The highest BCUT2D eigenvalue weighted by atomic mass is 16.4. The summed E-state index contributed by atoms with van der Waals surface area (Å²) >= 11 is 0. The number of rotatable bonds is 7. The third-order valence-electron chi connectivity index (χ3n) is 7.20. The molecular weight excluding hydrogens is 454 g/mol. The number of benzene rings is 2. The van der Waals surface area contributed by atoms with E-state index in [1.54, 1.807) is 6.92 Å². The van der Waals surface area contributed by atoms with Gasteiger partial charge in [0.05, 0.1) is 29.7 Å². The van der Waals surface area contributed by atoms with Gasteiger partial charge >= 0.3 is 0 Å². The summed E-state index contributed by atoms with van der Waals surface area (Å²) in [5, 5.41) is 21.8. The molecule has 3 heterocycles. The molecule has 0 bridgehead atoms. The van der Waals surface area contributed by atoms with Gasteiger partial charge in [-0.1, -0.05) is 48.5 Å². The first-order valence-electron chi connectivity index (χ1n) is 12.1. The van der Waals surface area contributed by atoms with E-state index in [2.05, 4.69) is 58.3 Å². The zero-order chi connectivity index (χ0) is 25.6. The van der Waals surface area contributed by atoms with Crippen molar-refractivity contribution >= 4 is 23.1 Å². The Morgan fingerprint density at radius 1 is 1.03 bits per heavy atom. The van der Waals surface area contributed by atoms with Crippen LogP contribution in [0.1, 0.15) is 24.5 Å². The van der Waals surface area contributed by atoms with Crippen LogP contribution in [0.3, 0.4) is 0 Å². The van der Waals surface area contributed by atoms with Crippen LogP contribution in [-0.4, -0.2) is 48.1 Å². The Morgan fingerprint density at radius 3 is 2.11 bits per heavy atom. The van der Waals surface area contributed by atoms with Crippen molar-refractivity contribution in [3.8, 4) is 11.1 Å². The molecule has 2 aromatic carbocycles. The van der Waals surface area contributed by atoms with Gasteiger partial charge in [0.15, 0.2) is 18.9 Å². The number of aliphatic carboxylic acids is 1. The second-order valence-electron chi connectivity index (χ2n) is 9.76. The number of carboxylic acids is 1. The smallest absolute Gasteiger partial charge is 0.235 e. The highest BCUT2D eigenvalue weighted by Crippen LogP contribution is 2.46.